The second-order valence-corrected chi connectivity index (χ2v) is 9.59. The molecule has 0 bridgehead atoms. The largest absolute Gasteiger partial charge is 0.376 e. The Morgan fingerprint density at radius 1 is 1.32 bits per heavy atom. The molecule has 2 aliphatic rings. The van der Waals surface area contributed by atoms with Gasteiger partial charge in [-0.2, -0.15) is 0 Å². The van der Waals surface area contributed by atoms with Crippen molar-refractivity contribution < 1.29 is 9.26 Å². The van der Waals surface area contributed by atoms with Crippen molar-refractivity contribution in [3.8, 4) is 0 Å². The molecule has 3 aromatic rings. The third-order valence-electron chi connectivity index (χ3n) is 5.47. The Morgan fingerprint density at radius 2 is 2.21 bits per heavy atom. The third-order valence-corrected chi connectivity index (χ3v) is 7.65. The van der Waals surface area contributed by atoms with Crippen molar-refractivity contribution in [2.45, 2.75) is 69.0 Å². The van der Waals surface area contributed by atoms with Crippen molar-refractivity contribution in [3.05, 3.63) is 38.3 Å². The van der Waals surface area contributed by atoms with Crippen LogP contribution < -0.4 is 5.56 Å². The van der Waals surface area contributed by atoms with Crippen LogP contribution >= 0.6 is 23.1 Å². The third kappa shape index (κ3) is 3.42. The Hall–Kier alpha value is -1.64. The van der Waals surface area contributed by atoms with Crippen LogP contribution in [0.5, 0.6) is 0 Å². The van der Waals surface area contributed by atoms with E-state index in [0.717, 1.165) is 65.5 Å². The van der Waals surface area contributed by atoms with E-state index in [1.165, 1.54) is 16.9 Å². The normalized spacial score (nSPS) is 19.4. The van der Waals surface area contributed by atoms with Crippen LogP contribution in [-0.2, 0) is 29.9 Å². The van der Waals surface area contributed by atoms with Crippen LogP contribution in [0.3, 0.4) is 0 Å². The molecule has 0 aromatic carbocycles. The molecule has 1 aliphatic carbocycles. The fourth-order valence-electron chi connectivity index (χ4n) is 4.10. The maximum Gasteiger partial charge on any atom is 0.263 e. The van der Waals surface area contributed by atoms with Crippen LogP contribution in [0.2, 0.25) is 0 Å². The van der Waals surface area contributed by atoms with Crippen molar-refractivity contribution in [2.75, 3.05) is 6.61 Å². The quantitative estimate of drug-likeness (QED) is 0.460. The molecule has 0 radical (unpaired) electrons. The second-order valence-electron chi connectivity index (χ2n) is 7.56. The molecule has 8 heteroatoms. The monoisotopic (exact) mass is 417 g/mol. The Balaban J connectivity index is 1.56. The predicted octanol–water partition coefficient (Wildman–Crippen LogP) is 4.10. The zero-order chi connectivity index (χ0) is 19.1. The number of aryl methyl sites for hydroxylation is 3. The standard InChI is InChI=1S/C20H23N3O3S2/c1-12-9-14(26-22-12)11-27-20-21-18-17(15-6-2-3-7-16(15)28-18)19(24)23(20)10-13-5-4-8-25-13/h9,13H,2-8,10-11H2,1H3. The fourth-order valence-corrected chi connectivity index (χ4v) is 6.29. The Kier molecular flexibility index (Phi) is 5.02. The van der Waals surface area contributed by atoms with E-state index in [0.29, 0.717) is 12.3 Å². The van der Waals surface area contributed by atoms with Gasteiger partial charge >= 0.3 is 0 Å². The van der Waals surface area contributed by atoms with Crippen LogP contribution in [-0.4, -0.2) is 27.4 Å². The second kappa shape index (κ2) is 7.65. The number of nitrogens with zero attached hydrogens (tertiary/aromatic N) is 3. The number of thiophene rings is 1. The smallest absolute Gasteiger partial charge is 0.263 e. The number of thioether (sulfide) groups is 1. The molecule has 0 amide bonds. The van der Waals surface area contributed by atoms with Crippen molar-refractivity contribution in [1.82, 2.24) is 14.7 Å². The van der Waals surface area contributed by atoms with Gasteiger partial charge in [-0.05, 0) is 51.0 Å². The summed E-state index contributed by atoms with van der Waals surface area (Å²) in [4.78, 5) is 20.7. The first-order valence-electron chi connectivity index (χ1n) is 9.91. The number of hydrogen-bond donors (Lipinski definition) is 0. The van der Waals surface area contributed by atoms with Crippen molar-refractivity contribution in [3.63, 3.8) is 0 Å². The number of ether oxygens (including phenoxy) is 1. The van der Waals surface area contributed by atoms with E-state index in [1.807, 2.05) is 17.6 Å². The molecule has 1 atom stereocenters. The van der Waals surface area contributed by atoms with Gasteiger partial charge in [-0.1, -0.05) is 16.9 Å². The van der Waals surface area contributed by atoms with Gasteiger partial charge < -0.3 is 9.26 Å². The van der Waals surface area contributed by atoms with Gasteiger partial charge in [0.05, 0.1) is 29.5 Å². The molecular weight excluding hydrogens is 394 g/mol. The molecule has 3 aromatic heterocycles. The molecule has 1 aliphatic heterocycles. The first-order valence-corrected chi connectivity index (χ1v) is 11.7. The van der Waals surface area contributed by atoms with Crippen molar-refractivity contribution in [1.29, 1.82) is 0 Å². The molecule has 1 unspecified atom stereocenters. The molecule has 0 spiro atoms. The van der Waals surface area contributed by atoms with Crippen molar-refractivity contribution in [2.24, 2.45) is 0 Å². The van der Waals surface area contributed by atoms with Crippen LogP contribution in [0, 0.1) is 6.92 Å². The molecule has 148 valence electrons. The molecular formula is C20H23N3O3S2. The average molecular weight is 418 g/mol. The van der Waals surface area contributed by atoms with E-state index in [-0.39, 0.29) is 11.7 Å². The van der Waals surface area contributed by atoms with Crippen LogP contribution in [0.4, 0.5) is 0 Å². The Bertz CT molecular complexity index is 1060. The van der Waals surface area contributed by atoms with Gasteiger partial charge in [-0.3, -0.25) is 9.36 Å². The minimum Gasteiger partial charge on any atom is -0.376 e. The lowest BCUT2D eigenvalue weighted by Gasteiger charge is -2.16. The molecule has 6 nitrogen and oxygen atoms in total. The summed E-state index contributed by atoms with van der Waals surface area (Å²) in [5, 5.41) is 5.55. The number of rotatable bonds is 5. The lowest BCUT2D eigenvalue weighted by Crippen LogP contribution is -2.29. The number of aromatic nitrogens is 3. The highest BCUT2D eigenvalue weighted by Crippen LogP contribution is 2.35. The van der Waals surface area contributed by atoms with Crippen LogP contribution in [0.1, 0.15) is 47.6 Å². The van der Waals surface area contributed by atoms with Gasteiger partial charge in [0.1, 0.15) is 10.6 Å². The molecule has 1 saturated heterocycles. The maximum absolute atomic E-state index is 13.5. The summed E-state index contributed by atoms with van der Waals surface area (Å²) >= 11 is 3.24. The van der Waals surface area contributed by atoms with E-state index >= 15 is 0 Å². The summed E-state index contributed by atoms with van der Waals surface area (Å²) in [5.41, 5.74) is 2.20. The average Bonchev–Trinajstić information content (AvgIpc) is 3.42. The lowest BCUT2D eigenvalue weighted by molar-refractivity contribution is 0.0937. The topological polar surface area (TPSA) is 70.2 Å². The predicted molar refractivity (Wildman–Crippen MR) is 110 cm³/mol. The Labute approximate surface area is 171 Å². The minimum atomic E-state index is 0.0937. The lowest BCUT2D eigenvalue weighted by atomic mass is 9.97. The molecule has 28 heavy (non-hydrogen) atoms. The Morgan fingerprint density at radius 3 is 3.00 bits per heavy atom. The molecule has 0 N–H and O–H groups in total. The zero-order valence-corrected chi connectivity index (χ0v) is 17.5. The molecule has 0 saturated carbocycles. The van der Waals surface area contributed by atoms with Gasteiger partial charge in [-0.15, -0.1) is 11.3 Å². The van der Waals surface area contributed by atoms with Gasteiger partial charge in [0, 0.05) is 17.6 Å². The summed E-state index contributed by atoms with van der Waals surface area (Å²) in [6.45, 7) is 3.26. The maximum atomic E-state index is 13.5. The van der Waals surface area contributed by atoms with E-state index in [2.05, 4.69) is 5.16 Å². The summed E-state index contributed by atoms with van der Waals surface area (Å²) in [6, 6.07) is 1.93. The van der Waals surface area contributed by atoms with Crippen LogP contribution in [0.25, 0.3) is 10.2 Å². The van der Waals surface area contributed by atoms with Gasteiger partial charge in [0.2, 0.25) is 0 Å². The first kappa shape index (κ1) is 18.4. The van der Waals surface area contributed by atoms with Gasteiger partial charge in [0.15, 0.2) is 5.16 Å². The van der Waals surface area contributed by atoms with E-state index < -0.39 is 0 Å². The van der Waals surface area contributed by atoms with Gasteiger partial charge in [0.25, 0.3) is 5.56 Å². The van der Waals surface area contributed by atoms with E-state index in [1.54, 1.807) is 23.1 Å². The molecule has 1 fully saturated rings. The minimum absolute atomic E-state index is 0.0937. The van der Waals surface area contributed by atoms with E-state index in [4.69, 9.17) is 14.2 Å². The fraction of sp³-hybridized carbons (Fsp3) is 0.550. The van der Waals surface area contributed by atoms with Crippen LogP contribution in [0.15, 0.2) is 20.5 Å². The highest BCUT2D eigenvalue weighted by Gasteiger charge is 2.25. The first-order chi connectivity index (χ1) is 13.7. The molecule has 5 rings (SSSR count). The van der Waals surface area contributed by atoms with E-state index in [9.17, 15) is 4.79 Å². The van der Waals surface area contributed by atoms with Gasteiger partial charge in [-0.25, -0.2) is 4.98 Å². The SMILES string of the molecule is Cc1cc(CSc2nc3sc4c(c3c(=O)n2CC2CCCO2)CCCC4)on1. The summed E-state index contributed by atoms with van der Waals surface area (Å²) < 4.78 is 13.0. The zero-order valence-electron chi connectivity index (χ0n) is 15.9. The number of hydrogen-bond acceptors (Lipinski definition) is 7. The molecule has 4 heterocycles. The summed E-state index contributed by atoms with van der Waals surface area (Å²) in [5.74, 6) is 1.40. The number of fused-ring (bicyclic) bond motifs is 3. The highest BCUT2D eigenvalue weighted by atomic mass is 32.2. The summed E-state index contributed by atoms with van der Waals surface area (Å²) in [7, 11) is 0. The summed E-state index contributed by atoms with van der Waals surface area (Å²) in [6.07, 6.45) is 6.58. The van der Waals surface area contributed by atoms with Crippen molar-refractivity contribution >= 4 is 33.3 Å². The highest BCUT2D eigenvalue weighted by molar-refractivity contribution is 7.98.